The number of fused-ring (bicyclic) bond motifs is 1. The Morgan fingerprint density at radius 1 is 1.12 bits per heavy atom. The summed E-state index contributed by atoms with van der Waals surface area (Å²) < 4.78 is 74.5. The number of benzene rings is 1. The summed E-state index contributed by atoms with van der Waals surface area (Å²) in [5.41, 5.74) is -1.51. The second-order valence-corrected chi connectivity index (χ2v) is 9.45. The van der Waals surface area contributed by atoms with Crippen LogP contribution in [0, 0.1) is 5.41 Å². The minimum atomic E-state index is -10.2. The normalized spacial score (nSPS) is 13.9. The Kier molecular flexibility index (Phi) is 5.32. The van der Waals surface area contributed by atoms with Gasteiger partial charge in [-0.1, -0.05) is 19.4 Å². The summed E-state index contributed by atoms with van der Waals surface area (Å²) in [4.78, 5) is 22.7. The van der Waals surface area contributed by atoms with Gasteiger partial charge in [-0.2, -0.15) is 4.52 Å². The maximum Gasteiger partial charge on any atom is 0.310 e. The quantitative estimate of drug-likeness (QED) is 0.396. The van der Waals surface area contributed by atoms with Crippen molar-refractivity contribution in [2.45, 2.75) is 25.3 Å². The van der Waals surface area contributed by atoms with Crippen molar-refractivity contribution >= 4 is 33.2 Å². The van der Waals surface area contributed by atoms with E-state index in [4.69, 9.17) is 10.1 Å². The van der Waals surface area contributed by atoms with Crippen LogP contribution in [0.25, 0.3) is 5.65 Å². The van der Waals surface area contributed by atoms with Crippen LogP contribution in [0.2, 0.25) is 0 Å². The summed E-state index contributed by atoms with van der Waals surface area (Å²) in [6, 6.07) is 3.97. The molecule has 0 fully saturated rings. The third-order valence-corrected chi connectivity index (χ3v) is 5.69. The van der Waals surface area contributed by atoms with Gasteiger partial charge in [-0.25, -0.2) is 4.68 Å². The lowest BCUT2D eigenvalue weighted by molar-refractivity contribution is -0.116. The number of rotatable bonds is 7. The van der Waals surface area contributed by atoms with E-state index in [1.807, 2.05) is 0 Å². The van der Waals surface area contributed by atoms with Crippen LogP contribution in [-0.4, -0.2) is 44.7 Å². The number of carbonyl (C=O) groups excluding carboxylic acids is 2. The maximum atomic E-state index is 13.5. The third-order valence-electron chi connectivity index (χ3n) is 4.56. The Labute approximate surface area is 183 Å². The lowest BCUT2D eigenvalue weighted by Gasteiger charge is -2.41. The van der Waals surface area contributed by atoms with Crippen LogP contribution in [0.1, 0.15) is 24.2 Å². The number of Topliss-reactive ketones (excluding diaryl/α,β-unsaturated/α-hetero) is 1. The number of hydrogen-bond acceptors (Lipinski definition) is 6. The third kappa shape index (κ3) is 5.13. The Morgan fingerprint density at radius 2 is 1.79 bits per heavy atom. The predicted molar refractivity (Wildman–Crippen MR) is 109 cm³/mol. The monoisotopic (exact) mass is 494 g/mol. The van der Waals surface area contributed by atoms with Crippen molar-refractivity contribution in [3.05, 3.63) is 41.5 Å². The minimum absolute atomic E-state index is 0.0345. The molecule has 2 heterocycles. The molecule has 33 heavy (non-hydrogen) atoms. The SMILES string of the molecule is CCOc1ccc2nn(CC(=O)c3cc(N(C)C(C)=O)cc(S(F)(F)(F)(F)F)c3)c(=N)n2n1. The highest BCUT2D eigenvalue weighted by Gasteiger charge is 2.65. The van der Waals surface area contributed by atoms with Gasteiger partial charge in [0.2, 0.25) is 17.4 Å². The van der Waals surface area contributed by atoms with Gasteiger partial charge in [-0.05, 0) is 31.2 Å². The second-order valence-electron chi connectivity index (χ2n) is 7.04. The average Bonchev–Trinajstić information content (AvgIpc) is 3.00. The topological polar surface area (TPSA) is 106 Å². The van der Waals surface area contributed by atoms with Crippen LogP contribution in [-0.2, 0) is 11.3 Å². The second kappa shape index (κ2) is 7.26. The molecule has 0 saturated carbocycles. The van der Waals surface area contributed by atoms with Crippen LogP contribution in [0.3, 0.4) is 0 Å². The number of ketones is 1. The Hall–Kier alpha value is -3.49. The molecule has 3 rings (SSSR count). The molecule has 1 N–H and O–H groups in total. The molecule has 0 bridgehead atoms. The first-order valence-corrected chi connectivity index (χ1v) is 11.3. The number of aromatic nitrogens is 4. The van der Waals surface area contributed by atoms with Crippen molar-refractivity contribution in [2.75, 3.05) is 18.6 Å². The number of ether oxygens (including phenoxy) is 1. The molecular formula is C18H19F5N6O3S. The first-order chi connectivity index (χ1) is 15.0. The van der Waals surface area contributed by atoms with Crippen LogP contribution in [0.15, 0.2) is 35.2 Å². The fourth-order valence-corrected chi connectivity index (χ4v) is 3.51. The van der Waals surface area contributed by atoms with Gasteiger partial charge >= 0.3 is 10.2 Å². The molecule has 2 aromatic heterocycles. The molecule has 0 unspecified atom stereocenters. The summed E-state index contributed by atoms with van der Waals surface area (Å²) in [5.74, 6) is -1.59. The van der Waals surface area contributed by atoms with Gasteiger partial charge in [0.15, 0.2) is 11.4 Å². The number of carbonyl (C=O) groups is 2. The van der Waals surface area contributed by atoms with Crippen LogP contribution >= 0.6 is 10.2 Å². The van der Waals surface area contributed by atoms with Gasteiger partial charge in [0.1, 0.15) is 11.4 Å². The highest BCUT2D eigenvalue weighted by molar-refractivity contribution is 8.45. The van der Waals surface area contributed by atoms with E-state index in [0.717, 1.165) is 29.2 Å². The van der Waals surface area contributed by atoms with Crippen molar-refractivity contribution < 1.29 is 33.8 Å². The van der Waals surface area contributed by atoms with Gasteiger partial charge in [0.25, 0.3) is 0 Å². The van der Waals surface area contributed by atoms with E-state index >= 15 is 0 Å². The zero-order valence-corrected chi connectivity index (χ0v) is 18.4. The number of nitrogens with one attached hydrogen (secondary N) is 1. The molecule has 9 nitrogen and oxygen atoms in total. The van der Waals surface area contributed by atoms with E-state index in [1.165, 1.54) is 12.1 Å². The number of halogens is 5. The Morgan fingerprint density at radius 3 is 2.36 bits per heavy atom. The molecule has 0 atom stereocenters. The van der Waals surface area contributed by atoms with E-state index in [2.05, 4.69) is 10.2 Å². The zero-order valence-electron chi connectivity index (χ0n) is 17.6. The number of hydrogen-bond donors (Lipinski definition) is 1. The fraction of sp³-hybridized carbons (Fsp3) is 0.278. The number of amides is 1. The lowest BCUT2D eigenvalue weighted by Crippen LogP contribution is -2.27. The zero-order chi connectivity index (χ0) is 24.8. The molecular weight excluding hydrogens is 475 g/mol. The molecule has 180 valence electrons. The molecule has 15 heteroatoms. The van der Waals surface area contributed by atoms with Gasteiger partial charge in [-0.3, -0.25) is 15.0 Å². The van der Waals surface area contributed by atoms with E-state index in [9.17, 15) is 29.0 Å². The Bertz CT molecular complexity index is 1340. The Balaban J connectivity index is 2.07. The molecule has 0 aliphatic carbocycles. The average molecular weight is 494 g/mol. The number of anilines is 1. The molecule has 0 aliphatic heterocycles. The summed E-state index contributed by atoms with van der Waals surface area (Å²) in [6.07, 6.45) is 0. The van der Waals surface area contributed by atoms with Crippen molar-refractivity contribution in [1.82, 2.24) is 19.4 Å². The van der Waals surface area contributed by atoms with Crippen LogP contribution in [0.4, 0.5) is 25.1 Å². The summed E-state index contributed by atoms with van der Waals surface area (Å²) >= 11 is 0. The van der Waals surface area contributed by atoms with Gasteiger partial charge in [0.05, 0.1) is 6.61 Å². The standard InChI is InChI=1S/C18H19F5N6O3S/c1-4-32-17-6-5-16-25-28(18(24)29(16)26-17)10-15(31)12-7-13(27(3)11(2)30)9-14(8-12)33(19,20,21,22)23/h5-9,24H,4,10H2,1-3H3. The molecule has 3 aromatic rings. The first-order valence-electron chi connectivity index (χ1n) is 9.31. The first kappa shape index (κ1) is 24.2. The van der Waals surface area contributed by atoms with Gasteiger partial charge in [0, 0.05) is 31.3 Å². The predicted octanol–water partition coefficient (Wildman–Crippen LogP) is 3.93. The fourth-order valence-electron chi connectivity index (χ4n) is 2.82. The highest BCUT2D eigenvalue weighted by Crippen LogP contribution is 3.02. The maximum absolute atomic E-state index is 13.5. The van der Waals surface area contributed by atoms with Crippen molar-refractivity contribution in [3.8, 4) is 5.88 Å². The summed E-state index contributed by atoms with van der Waals surface area (Å²) in [7, 11) is -9.08. The van der Waals surface area contributed by atoms with Crippen LogP contribution in [0.5, 0.6) is 5.88 Å². The molecule has 0 radical (unpaired) electrons. The van der Waals surface area contributed by atoms with E-state index in [1.54, 1.807) is 6.92 Å². The molecule has 0 spiro atoms. The van der Waals surface area contributed by atoms with Gasteiger partial charge in [-0.15, -0.1) is 10.2 Å². The molecule has 0 saturated heterocycles. The van der Waals surface area contributed by atoms with Crippen molar-refractivity contribution in [2.24, 2.45) is 0 Å². The van der Waals surface area contributed by atoms with Gasteiger partial charge < -0.3 is 9.64 Å². The van der Waals surface area contributed by atoms with E-state index in [0.29, 0.717) is 11.5 Å². The van der Waals surface area contributed by atoms with E-state index < -0.39 is 50.2 Å². The van der Waals surface area contributed by atoms with E-state index in [-0.39, 0.29) is 23.7 Å². The highest BCUT2D eigenvalue weighted by atomic mass is 32.5. The smallest absolute Gasteiger partial charge is 0.310 e. The lowest BCUT2D eigenvalue weighted by atomic mass is 10.1. The summed E-state index contributed by atoms with van der Waals surface area (Å²) in [5, 5.41) is 16.1. The minimum Gasteiger partial charge on any atom is -0.477 e. The van der Waals surface area contributed by atoms with Crippen LogP contribution < -0.4 is 15.3 Å². The number of nitrogens with zero attached hydrogens (tertiary/aromatic N) is 5. The largest absolute Gasteiger partial charge is 0.477 e. The summed E-state index contributed by atoms with van der Waals surface area (Å²) in [6.45, 7) is 2.31. The van der Waals surface area contributed by atoms with Crippen molar-refractivity contribution in [1.29, 1.82) is 5.41 Å². The molecule has 1 amide bonds. The molecule has 1 aromatic carbocycles. The molecule has 0 aliphatic rings. The van der Waals surface area contributed by atoms with Crippen molar-refractivity contribution in [3.63, 3.8) is 0 Å².